The van der Waals surface area contributed by atoms with Crippen LogP contribution in [0.25, 0.3) is 11.4 Å². The van der Waals surface area contributed by atoms with Gasteiger partial charge in [-0.05, 0) is 62.1 Å². The van der Waals surface area contributed by atoms with E-state index in [2.05, 4.69) is 10.1 Å². The van der Waals surface area contributed by atoms with Gasteiger partial charge in [-0.1, -0.05) is 17.3 Å². The van der Waals surface area contributed by atoms with Crippen LogP contribution in [-0.4, -0.2) is 43.1 Å². The van der Waals surface area contributed by atoms with Crippen LogP contribution in [-0.2, 0) is 10.0 Å². The average molecular weight is 446 g/mol. The van der Waals surface area contributed by atoms with Crippen LogP contribution in [0.15, 0.2) is 45.8 Å². The molecule has 1 aromatic heterocycles. The predicted molar refractivity (Wildman–Crippen MR) is 113 cm³/mol. The van der Waals surface area contributed by atoms with E-state index in [4.69, 9.17) is 9.26 Å². The van der Waals surface area contributed by atoms with Gasteiger partial charge >= 0.3 is 0 Å². The number of halogens is 1. The fourth-order valence-electron chi connectivity index (χ4n) is 3.91. The number of hydrogen-bond acceptors (Lipinski definition) is 6. The molecule has 1 aliphatic rings. The minimum Gasteiger partial charge on any atom is -0.496 e. The third kappa shape index (κ3) is 4.20. The fourth-order valence-corrected chi connectivity index (χ4v) is 5.72. The lowest BCUT2D eigenvalue weighted by Crippen LogP contribution is -2.39. The Hall–Kier alpha value is -2.78. The molecule has 1 fully saturated rings. The fraction of sp³-hybridized carbons (Fsp3) is 0.364. The van der Waals surface area contributed by atoms with Crippen LogP contribution < -0.4 is 4.74 Å². The van der Waals surface area contributed by atoms with Crippen LogP contribution >= 0.6 is 0 Å². The Morgan fingerprint density at radius 3 is 2.74 bits per heavy atom. The summed E-state index contributed by atoms with van der Waals surface area (Å²) >= 11 is 0. The quantitative estimate of drug-likeness (QED) is 0.589. The summed E-state index contributed by atoms with van der Waals surface area (Å²) in [4.78, 5) is 4.68. The minimum absolute atomic E-state index is 0.224. The molecule has 0 N–H and O–H groups in total. The van der Waals surface area contributed by atoms with Crippen molar-refractivity contribution in [3.8, 4) is 17.1 Å². The standard InChI is InChI=1S/C22H24FN3O4S/c1-14-11-20(15(2)10-19(14)29-3)31(27,28)26-9-5-7-17(13-26)22-24-21(25-30-22)16-6-4-8-18(23)12-16/h4,6,8,10-12,17H,5,7,9,13H2,1-3H3. The Balaban J connectivity index is 1.58. The van der Waals surface area contributed by atoms with Crippen molar-refractivity contribution in [1.29, 1.82) is 0 Å². The molecule has 0 bridgehead atoms. The number of piperidine rings is 1. The highest BCUT2D eigenvalue weighted by molar-refractivity contribution is 7.89. The molecule has 0 amide bonds. The van der Waals surface area contributed by atoms with Crippen molar-refractivity contribution in [3.05, 3.63) is 59.2 Å². The second-order valence-electron chi connectivity index (χ2n) is 7.76. The topological polar surface area (TPSA) is 85.5 Å². The summed E-state index contributed by atoms with van der Waals surface area (Å²) in [5.74, 6) is 0.698. The van der Waals surface area contributed by atoms with Crippen molar-refractivity contribution in [2.45, 2.75) is 37.5 Å². The van der Waals surface area contributed by atoms with Crippen molar-refractivity contribution < 1.29 is 22.1 Å². The highest BCUT2D eigenvalue weighted by Crippen LogP contribution is 2.33. The molecule has 0 aliphatic carbocycles. The zero-order chi connectivity index (χ0) is 22.2. The number of methoxy groups -OCH3 is 1. The van der Waals surface area contributed by atoms with Gasteiger partial charge in [0, 0.05) is 18.7 Å². The molecule has 31 heavy (non-hydrogen) atoms. The normalized spacial score (nSPS) is 17.6. The molecule has 7 nitrogen and oxygen atoms in total. The number of nitrogens with zero attached hydrogens (tertiary/aromatic N) is 3. The third-order valence-electron chi connectivity index (χ3n) is 5.57. The van der Waals surface area contributed by atoms with Crippen molar-refractivity contribution in [3.63, 3.8) is 0 Å². The molecule has 0 radical (unpaired) electrons. The summed E-state index contributed by atoms with van der Waals surface area (Å²) in [6, 6.07) is 9.35. The molecule has 1 saturated heterocycles. The van der Waals surface area contributed by atoms with E-state index >= 15 is 0 Å². The van der Waals surface area contributed by atoms with Gasteiger partial charge < -0.3 is 9.26 Å². The lowest BCUT2D eigenvalue weighted by molar-refractivity contribution is 0.265. The first-order valence-electron chi connectivity index (χ1n) is 10.0. The van der Waals surface area contributed by atoms with E-state index in [1.807, 2.05) is 6.92 Å². The van der Waals surface area contributed by atoms with Gasteiger partial charge in [0.2, 0.25) is 21.7 Å². The number of benzene rings is 2. The molecule has 2 heterocycles. The Morgan fingerprint density at radius 1 is 1.19 bits per heavy atom. The van der Waals surface area contributed by atoms with Crippen LogP contribution in [0.4, 0.5) is 4.39 Å². The largest absolute Gasteiger partial charge is 0.496 e. The summed E-state index contributed by atoms with van der Waals surface area (Å²) < 4.78 is 52.4. The van der Waals surface area contributed by atoms with E-state index in [0.29, 0.717) is 35.7 Å². The first kappa shape index (κ1) is 21.5. The molecular formula is C22H24FN3O4S. The number of aromatic nitrogens is 2. The third-order valence-corrected chi connectivity index (χ3v) is 7.58. The van der Waals surface area contributed by atoms with Crippen LogP contribution in [0.5, 0.6) is 5.75 Å². The number of rotatable bonds is 5. The summed E-state index contributed by atoms with van der Waals surface area (Å²) in [5.41, 5.74) is 1.91. The van der Waals surface area contributed by atoms with E-state index in [1.165, 1.54) is 16.4 Å². The molecule has 3 aromatic rings. The van der Waals surface area contributed by atoms with E-state index in [-0.39, 0.29) is 29.0 Å². The van der Waals surface area contributed by atoms with Gasteiger partial charge in [0.25, 0.3) is 0 Å². The number of aryl methyl sites for hydroxylation is 2. The van der Waals surface area contributed by atoms with Gasteiger partial charge in [-0.3, -0.25) is 0 Å². The first-order valence-corrected chi connectivity index (χ1v) is 11.5. The highest BCUT2D eigenvalue weighted by atomic mass is 32.2. The maximum atomic E-state index is 13.5. The van der Waals surface area contributed by atoms with E-state index in [9.17, 15) is 12.8 Å². The van der Waals surface area contributed by atoms with Gasteiger partial charge in [0.05, 0.1) is 17.9 Å². The lowest BCUT2D eigenvalue weighted by Gasteiger charge is -2.30. The first-order chi connectivity index (χ1) is 14.8. The average Bonchev–Trinajstić information content (AvgIpc) is 3.25. The van der Waals surface area contributed by atoms with Gasteiger partial charge in [-0.2, -0.15) is 9.29 Å². The monoisotopic (exact) mass is 445 g/mol. The van der Waals surface area contributed by atoms with Gasteiger partial charge in [-0.15, -0.1) is 0 Å². The van der Waals surface area contributed by atoms with Crippen molar-refractivity contribution >= 4 is 10.0 Å². The number of sulfonamides is 1. The lowest BCUT2D eigenvalue weighted by atomic mass is 10.00. The summed E-state index contributed by atoms with van der Waals surface area (Å²) in [5, 5.41) is 3.96. The van der Waals surface area contributed by atoms with Crippen molar-refractivity contribution in [2.75, 3.05) is 20.2 Å². The Bertz CT molecular complexity index is 1210. The molecule has 9 heteroatoms. The van der Waals surface area contributed by atoms with Gasteiger partial charge in [0.15, 0.2) is 0 Å². The van der Waals surface area contributed by atoms with E-state index in [1.54, 1.807) is 38.3 Å². The summed E-state index contributed by atoms with van der Waals surface area (Å²) in [6.45, 7) is 4.26. The number of hydrogen-bond donors (Lipinski definition) is 0. The highest BCUT2D eigenvalue weighted by Gasteiger charge is 2.34. The van der Waals surface area contributed by atoms with E-state index in [0.717, 1.165) is 12.0 Å². The van der Waals surface area contributed by atoms with Gasteiger partial charge in [-0.25, -0.2) is 12.8 Å². The molecule has 1 atom stereocenters. The summed E-state index contributed by atoms with van der Waals surface area (Å²) in [7, 11) is -2.13. The maximum Gasteiger partial charge on any atom is 0.243 e. The zero-order valence-electron chi connectivity index (χ0n) is 17.6. The molecule has 1 aliphatic heterocycles. The summed E-state index contributed by atoms with van der Waals surface area (Å²) in [6.07, 6.45) is 1.41. The van der Waals surface area contributed by atoms with Crippen molar-refractivity contribution in [2.24, 2.45) is 0 Å². The molecule has 2 aromatic carbocycles. The SMILES string of the molecule is COc1cc(C)c(S(=O)(=O)N2CCCC(c3nc(-c4cccc(F)c4)no3)C2)cc1C. The Kier molecular flexibility index (Phi) is 5.81. The minimum atomic E-state index is -3.69. The molecule has 0 saturated carbocycles. The van der Waals surface area contributed by atoms with Gasteiger partial charge in [0.1, 0.15) is 11.6 Å². The number of ether oxygens (including phenoxy) is 1. The predicted octanol–water partition coefficient (Wildman–Crippen LogP) is 4.07. The van der Waals surface area contributed by atoms with Crippen LogP contribution in [0.2, 0.25) is 0 Å². The second kappa shape index (κ2) is 8.39. The van der Waals surface area contributed by atoms with Crippen LogP contribution in [0.3, 0.4) is 0 Å². The molecular weight excluding hydrogens is 421 g/mol. The van der Waals surface area contributed by atoms with Crippen molar-refractivity contribution in [1.82, 2.24) is 14.4 Å². The van der Waals surface area contributed by atoms with Crippen LogP contribution in [0, 0.1) is 19.7 Å². The Labute approximate surface area is 180 Å². The Morgan fingerprint density at radius 2 is 2.00 bits per heavy atom. The second-order valence-corrected chi connectivity index (χ2v) is 9.66. The smallest absolute Gasteiger partial charge is 0.243 e. The van der Waals surface area contributed by atoms with E-state index < -0.39 is 10.0 Å². The molecule has 4 rings (SSSR count). The maximum absolute atomic E-state index is 13.5. The molecule has 0 spiro atoms. The molecule has 164 valence electrons. The molecule has 1 unspecified atom stereocenters. The zero-order valence-corrected chi connectivity index (χ0v) is 18.4. The van der Waals surface area contributed by atoms with Crippen LogP contribution in [0.1, 0.15) is 35.8 Å².